The van der Waals surface area contributed by atoms with Crippen LogP contribution in [0.25, 0.3) is 0 Å². The second kappa shape index (κ2) is 9.26. The summed E-state index contributed by atoms with van der Waals surface area (Å²) in [5.41, 5.74) is 1.83. The first-order chi connectivity index (χ1) is 13.5. The van der Waals surface area contributed by atoms with Gasteiger partial charge in [0.2, 0.25) is 0 Å². The van der Waals surface area contributed by atoms with Crippen molar-refractivity contribution in [2.24, 2.45) is 0 Å². The summed E-state index contributed by atoms with van der Waals surface area (Å²) in [6.45, 7) is 3.04. The lowest BCUT2D eigenvalue weighted by atomic mass is 10.2. The van der Waals surface area contributed by atoms with Crippen LogP contribution in [0, 0.1) is 0 Å². The topological polar surface area (TPSA) is 54.0 Å². The van der Waals surface area contributed by atoms with Crippen LogP contribution in [-0.4, -0.2) is 51.3 Å². The maximum atomic E-state index is 12.5. The fraction of sp³-hybridized carbons (Fsp3) is 0.350. The Balaban J connectivity index is 1.55. The summed E-state index contributed by atoms with van der Waals surface area (Å²) >= 11 is 12.1. The van der Waals surface area contributed by atoms with Crippen molar-refractivity contribution in [3.8, 4) is 11.5 Å². The molecular weight excluding hydrogens is 401 g/mol. The minimum Gasteiger partial charge on any atom is -0.497 e. The van der Waals surface area contributed by atoms with Crippen molar-refractivity contribution in [2.75, 3.05) is 45.3 Å². The van der Waals surface area contributed by atoms with E-state index >= 15 is 0 Å². The molecule has 0 atom stereocenters. The number of anilines is 1. The van der Waals surface area contributed by atoms with Crippen molar-refractivity contribution in [1.82, 2.24) is 10.2 Å². The van der Waals surface area contributed by atoms with Crippen molar-refractivity contribution in [3.63, 3.8) is 0 Å². The van der Waals surface area contributed by atoms with Gasteiger partial charge in [0.25, 0.3) is 0 Å². The lowest BCUT2D eigenvalue weighted by molar-refractivity contribution is 0.194. The smallest absolute Gasteiger partial charge is 0.317 e. The Morgan fingerprint density at radius 2 is 1.79 bits per heavy atom. The number of halogens is 2. The molecule has 0 unspecified atom stereocenters. The van der Waals surface area contributed by atoms with Gasteiger partial charge in [0, 0.05) is 48.8 Å². The fourth-order valence-corrected chi connectivity index (χ4v) is 3.62. The maximum Gasteiger partial charge on any atom is 0.317 e. The van der Waals surface area contributed by atoms with E-state index in [0.29, 0.717) is 29.7 Å². The SMILES string of the molecule is COc1ccc(N2CCN(C(=O)NCc3ccc(Cl)cc3Cl)CC2)c(OC)c1. The van der Waals surface area contributed by atoms with Gasteiger partial charge in [0.1, 0.15) is 11.5 Å². The number of carbonyl (C=O) groups is 1. The minimum atomic E-state index is -0.104. The zero-order chi connectivity index (χ0) is 20.1. The van der Waals surface area contributed by atoms with Gasteiger partial charge >= 0.3 is 6.03 Å². The molecule has 8 heteroatoms. The highest BCUT2D eigenvalue weighted by molar-refractivity contribution is 6.35. The van der Waals surface area contributed by atoms with Gasteiger partial charge in [-0.05, 0) is 29.8 Å². The van der Waals surface area contributed by atoms with Crippen LogP contribution < -0.4 is 19.7 Å². The largest absolute Gasteiger partial charge is 0.497 e. The predicted octanol–water partition coefficient (Wildman–Crippen LogP) is 4.04. The summed E-state index contributed by atoms with van der Waals surface area (Å²) in [7, 11) is 3.27. The van der Waals surface area contributed by atoms with Gasteiger partial charge in [-0.3, -0.25) is 0 Å². The second-order valence-corrected chi connectivity index (χ2v) is 7.25. The molecule has 1 heterocycles. The molecule has 2 aromatic carbocycles. The Hall–Kier alpha value is -2.31. The van der Waals surface area contributed by atoms with Crippen LogP contribution in [0.5, 0.6) is 11.5 Å². The molecule has 1 saturated heterocycles. The van der Waals surface area contributed by atoms with Crippen molar-refractivity contribution in [3.05, 3.63) is 52.0 Å². The van der Waals surface area contributed by atoms with Crippen molar-refractivity contribution in [2.45, 2.75) is 6.54 Å². The summed E-state index contributed by atoms with van der Waals surface area (Å²) in [6.07, 6.45) is 0. The summed E-state index contributed by atoms with van der Waals surface area (Å²) in [5, 5.41) is 4.04. The average Bonchev–Trinajstić information content (AvgIpc) is 2.72. The van der Waals surface area contributed by atoms with E-state index in [2.05, 4.69) is 10.2 Å². The number of carbonyl (C=O) groups excluding carboxylic acids is 1. The summed E-state index contributed by atoms with van der Waals surface area (Å²) < 4.78 is 10.7. The number of piperazine rings is 1. The van der Waals surface area contributed by atoms with E-state index in [1.54, 1.807) is 31.3 Å². The van der Waals surface area contributed by atoms with Gasteiger partial charge in [0.15, 0.2) is 0 Å². The molecule has 1 N–H and O–H groups in total. The highest BCUT2D eigenvalue weighted by atomic mass is 35.5. The van der Waals surface area contributed by atoms with Crippen LogP contribution >= 0.6 is 23.2 Å². The molecule has 2 amide bonds. The highest BCUT2D eigenvalue weighted by Gasteiger charge is 2.23. The Labute approximate surface area is 174 Å². The molecule has 0 saturated carbocycles. The Morgan fingerprint density at radius 3 is 2.43 bits per heavy atom. The average molecular weight is 424 g/mol. The van der Waals surface area contributed by atoms with Crippen LogP contribution in [0.15, 0.2) is 36.4 Å². The van der Waals surface area contributed by atoms with E-state index in [0.717, 1.165) is 35.8 Å². The molecule has 0 bridgehead atoms. The first kappa shape index (κ1) is 20.4. The monoisotopic (exact) mass is 423 g/mol. The van der Waals surface area contributed by atoms with Gasteiger partial charge < -0.3 is 24.6 Å². The summed E-state index contributed by atoms with van der Waals surface area (Å²) in [5.74, 6) is 1.51. The van der Waals surface area contributed by atoms with Gasteiger partial charge in [-0.1, -0.05) is 29.3 Å². The Morgan fingerprint density at radius 1 is 1.04 bits per heavy atom. The normalized spacial score (nSPS) is 14.0. The second-order valence-electron chi connectivity index (χ2n) is 6.41. The fourth-order valence-electron chi connectivity index (χ4n) is 3.14. The third-order valence-electron chi connectivity index (χ3n) is 4.74. The summed E-state index contributed by atoms with van der Waals surface area (Å²) in [4.78, 5) is 16.5. The summed E-state index contributed by atoms with van der Waals surface area (Å²) in [6, 6.07) is 10.9. The van der Waals surface area contributed by atoms with Gasteiger partial charge in [-0.25, -0.2) is 4.79 Å². The Bertz CT molecular complexity index is 839. The number of rotatable bonds is 5. The standard InChI is InChI=1S/C20H23Cl2N3O3/c1-27-16-5-6-18(19(12-16)28-2)24-7-9-25(10-8-24)20(26)23-13-14-3-4-15(21)11-17(14)22/h3-6,11-12H,7-10,13H2,1-2H3,(H,23,26). The maximum absolute atomic E-state index is 12.5. The van der Waals surface area contributed by atoms with E-state index < -0.39 is 0 Å². The van der Waals surface area contributed by atoms with Gasteiger partial charge in [-0.15, -0.1) is 0 Å². The van der Waals surface area contributed by atoms with E-state index in [4.69, 9.17) is 32.7 Å². The quantitative estimate of drug-likeness (QED) is 0.787. The molecule has 150 valence electrons. The van der Waals surface area contributed by atoms with E-state index in [1.165, 1.54) is 0 Å². The molecule has 0 aliphatic carbocycles. The van der Waals surface area contributed by atoms with E-state index in [1.807, 2.05) is 24.3 Å². The van der Waals surface area contributed by atoms with Crippen LogP contribution in [0.2, 0.25) is 10.0 Å². The van der Waals surface area contributed by atoms with E-state index in [9.17, 15) is 4.79 Å². The van der Waals surface area contributed by atoms with Crippen LogP contribution in [0.3, 0.4) is 0 Å². The van der Waals surface area contributed by atoms with Crippen LogP contribution in [0.1, 0.15) is 5.56 Å². The lowest BCUT2D eigenvalue weighted by Crippen LogP contribution is -2.51. The molecule has 3 rings (SSSR count). The number of hydrogen-bond acceptors (Lipinski definition) is 4. The molecular formula is C20H23Cl2N3O3. The number of amides is 2. The molecule has 1 aliphatic heterocycles. The minimum absolute atomic E-state index is 0.104. The third-order valence-corrected chi connectivity index (χ3v) is 5.33. The van der Waals surface area contributed by atoms with Crippen LogP contribution in [-0.2, 0) is 6.54 Å². The first-order valence-corrected chi connectivity index (χ1v) is 9.71. The first-order valence-electron chi connectivity index (χ1n) is 8.95. The molecule has 28 heavy (non-hydrogen) atoms. The molecule has 1 aliphatic rings. The van der Waals surface area contributed by atoms with Crippen molar-refractivity contribution >= 4 is 34.9 Å². The van der Waals surface area contributed by atoms with Gasteiger partial charge in [-0.2, -0.15) is 0 Å². The predicted molar refractivity (Wildman–Crippen MR) is 112 cm³/mol. The highest BCUT2D eigenvalue weighted by Crippen LogP contribution is 2.32. The lowest BCUT2D eigenvalue weighted by Gasteiger charge is -2.36. The van der Waals surface area contributed by atoms with Crippen LogP contribution in [0.4, 0.5) is 10.5 Å². The van der Waals surface area contributed by atoms with E-state index in [-0.39, 0.29) is 6.03 Å². The number of benzene rings is 2. The zero-order valence-electron chi connectivity index (χ0n) is 15.9. The third kappa shape index (κ3) is 4.75. The number of urea groups is 1. The molecule has 2 aromatic rings. The molecule has 1 fully saturated rings. The number of methoxy groups -OCH3 is 2. The number of nitrogens with one attached hydrogen (secondary N) is 1. The number of hydrogen-bond donors (Lipinski definition) is 1. The zero-order valence-corrected chi connectivity index (χ0v) is 17.4. The van der Waals surface area contributed by atoms with Crippen molar-refractivity contribution in [1.29, 1.82) is 0 Å². The Kier molecular flexibility index (Phi) is 6.75. The number of nitrogens with zero attached hydrogens (tertiary/aromatic N) is 2. The molecule has 0 spiro atoms. The molecule has 6 nitrogen and oxygen atoms in total. The van der Waals surface area contributed by atoms with Crippen molar-refractivity contribution < 1.29 is 14.3 Å². The van der Waals surface area contributed by atoms with Gasteiger partial charge in [0.05, 0.1) is 19.9 Å². The molecule has 0 radical (unpaired) electrons. The molecule has 0 aromatic heterocycles. The number of ether oxygens (including phenoxy) is 2.